The van der Waals surface area contributed by atoms with E-state index in [-0.39, 0.29) is 17.1 Å². The number of nitro groups is 2. The standard InChI is InChI=1S/C12H12N4O4/c17-15(18)8-2-4-11(12(6-8)16(19)20)14-13-10-3-1-7-5-9(7)10/h2,4,6-7,9,14H,1,3,5H2/b13-10+. The molecule has 0 aromatic heterocycles. The molecule has 0 amide bonds. The van der Waals surface area contributed by atoms with Crippen molar-refractivity contribution in [2.75, 3.05) is 5.43 Å². The van der Waals surface area contributed by atoms with Crippen LogP contribution in [0.3, 0.4) is 0 Å². The summed E-state index contributed by atoms with van der Waals surface area (Å²) in [4.78, 5) is 20.3. The molecule has 8 heteroatoms. The van der Waals surface area contributed by atoms with Crippen molar-refractivity contribution in [2.24, 2.45) is 16.9 Å². The zero-order chi connectivity index (χ0) is 14.3. The summed E-state index contributed by atoms with van der Waals surface area (Å²) in [5, 5.41) is 25.8. The van der Waals surface area contributed by atoms with Gasteiger partial charge in [-0.05, 0) is 31.2 Å². The molecule has 0 saturated heterocycles. The largest absolute Gasteiger partial charge is 0.301 e. The van der Waals surface area contributed by atoms with Gasteiger partial charge in [0.2, 0.25) is 0 Å². The molecule has 8 nitrogen and oxygen atoms in total. The van der Waals surface area contributed by atoms with Crippen molar-refractivity contribution >= 4 is 22.8 Å². The van der Waals surface area contributed by atoms with Crippen molar-refractivity contribution in [3.63, 3.8) is 0 Å². The predicted molar refractivity (Wildman–Crippen MR) is 71.6 cm³/mol. The first kappa shape index (κ1) is 12.5. The lowest BCUT2D eigenvalue weighted by atomic mass is 10.2. The predicted octanol–water partition coefficient (Wildman–Crippen LogP) is 2.70. The molecule has 0 spiro atoms. The highest BCUT2D eigenvalue weighted by molar-refractivity contribution is 5.92. The molecule has 2 atom stereocenters. The number of fused-ring (bicyclic) bond motifs is 1. The maximum atomic E-state index is 11.0. The summed E-state index contributed by atoms with van der Waals surface area (Å²) < 4.78 is 0. The fourth-order valence-corrected chi connectivity index (χ4v) is 2.64. The summed E-state index contributed by atoms with van der Waals surface area (Å²) in [6.07, 6.45) is 3.21. The number of rotatable bonds is 4. The number of hydrazone groups is 1. The minimum absolute atomic E-state index is 0.178. The van der Waals surface area contributed by atoms with Crippen LogP contribution < -0.4 is 5.43 Å². The van der Waals surface area contributed by atoms with Gasteiger partial charge in [-0.1, -0.05) is 0 Å². The van der Waals surface area contributed by atoms with Crippen molar-refractivity contribution in [1.82, 2.24) is 0 Å². The van der Waals surface area contributed by atoms with E-state index in [0.717, 1.165) is 37.0 Å². The van der Waals surface area contributed by atoms with Gasteiger partial charge in [0.1, 0.15) is 5.69 Å². The quantitative estimate of drug-likeness (QED) is 0.671. The van der Waals surface area contributed by atoms with Gasteiger partial charge in [-0.15, -0.1) is 0 Å². The minimum atomic E-state index is -0.658. The Hall–Kier alpha value is -2.51. The van der Waals surface area contributed by atoms with Gasteiger partial charge in [0, 0.05) is 17.7 Å². The molecule has 1 aromatic carbocycles. The van der Waals surface area contributed by atoms with E-state index >= 15 is 0 Å². The van der Waals surface area contributed by atoms with E-state index in [0.29, 0.717) is 5.92 Å². The molecular weight excluding hydrogens is 264 g/mol. The average molecular weight is 276 g/mol. The Morgan fingerprint density at radius 2 is 2.05 bits per heavy atom. The number of benzene rings is 1. The summed E-state index contributed by atoms with van der Waals surface area (Å²) in [5.74, 6) is 1.27. The van der Waals surface area contributed by atoms with Crippen molar-refractivity contribution in [3.8, 4) is 0 Å². The Morgan fingerprint density at radius 3 is 2.60 bits per heavy atom. The molecule has 104 valence electrons. The van der Waals surface area contributed by atoms with E-state index in [1.165, 1.54) is 12.1 Å². The Kier molecular flexibility index (Phi) is 2.85. The molecule has 2 fully saturated rings. The molecule has 20 heavy (non-hydrogen) atoms. The first-order valence-electron chi connectivity index (χ1n) is 6.31. The second-order valence-corrected chi connectivity index (χ2v) is 5.07. The summed E-state index contributed by atoms with van der Waals surface area (Å²) in [6, 6.07) is 3.49. The zero-order valence-electron chi connectivity index (χ0n) is 10.5. The van der Waals surface area contributed by atoms with Gasteiger partial charge in [-0.25, -0.2) is 0 Å². The Balaban J connectivity index is 1.85. The molecule has 1 N–H and O–H groups in total. The van der Waals surface area contributed by atoms with Crippen LogP contribution in [0.15, 0.2) is 23.3 Å². The van der Waals surface area contributed by atoms with Gasteiger partial charge < -0.3 is 0 Å². The molecule has 2 aliphatic rings. The normalized spacial score (nSPS) is 25.3. The van der Waals surface area contributed by atoms with Crippen LogP contribution in [-0.4, -0.2) is 15.6 Å². The molecule has 0 radical (unpaired) electrons. The molecule has 0 bridgehead atoms. The topological polar surface area (TPSA) is 111 Å². The van der Waals surface area contributed by atoms with Gasteiger partial charge in [0.05, 0.1) is 15.9 Å². The molecule has 0 aliphatic heterocycles. The van der Waals surface area contributed by atoms with Gasteiger partial charge >= 0.3 is 5.69 Å². The number of non-ortho nitro benzene ring substituents is 1. The van der Waals surface area contributed by atoms with Gasteiger partial charge in [-0.2, -0.15) is 5.10 Å². The maximum absolute atomic E-state index is 11.0. The van der Waals surface area contributed by atoms with Crippen molar-refractivity contribution < 1.29 is 9.85 Å². The molecular formula is C12H12N4O4. The lowest BCUT2D eigenvalue weighted by Gasteiger charge is -2.04. The first-order valence-corrected chi connectivity index (χ1v) is 6.31. The van der Waals surface area contributed by atoms with Crippen LogP contribution in [0.25, 0.3) is 0 Å². The SMILES string of the molecule is O=[N+]([O-])c1ccc(N/N=C2\CCC3CC23)c([N+](=O)[O-])c1. The van der Waals surface area contributed by atoms with Gasteiger partial charge in [0.15, 0.2) is 0 Å². The number of nitrogens with zero attached hydrogens (tertiary/aromatic N) is 3. The van der Waals surface area contributed by atoms with Gasteiger partial charge in [0.25, 0.3) is 5.69 Å². The van der Waals surface area contributed by atoms with Crippen LogP contribution >= 0.6 is 0 Å². The molecule has 0 heterocycles. The highest BCUT2D eigenvalue weighted by Gasteiger charge is 2.45. The number of nitrogens with one attached hydrogen (secondary N) is 1. The summed E-state index contributed by atoms with van der Waals surface area (Å²) in [7, 11) is 0. The van der Waals surface area contributed by atoms with E-state index in [2.05, 4.69) is 10.5 Å². The van der Waals surface area contributed by atoms with Crippen LogP contribution in [0.5, 0.6) is 0 Å². The summed E-state index contributed by atoms with van der Waals surface area (Å²) in [6.45, 7) is 0. The van der Waals surface area contributed by atoms with Gasteiger partial charge in [-0.3, -0.25) is 25.7 Å². The lowest BCUT2D eigenvalue weighted by Crippen LogP contribution is -2.03. The molecule has 2 aliphatic carbocycles. The van der Waals surface area contributed by atoms with E-state index in [1.54, 1.807) is 0 Å². The summed E-state index contributed by atoms with van der Waals surface area (Å²) >= 11 is 0. The third-order valence-electron chi connectivity index (χ3n) is 3.83. The molecule has 2 saturated carbocycles. The Morgan fingerprint density at radius 1 is 1.25 bits per heavy atom. The lowest BCUT2D eigenvalue weighted by molar-refractivity contribution is -0.393. The van der Waals surface area contributed by atoms with E-state index < -0.39 is 9.85 Å². The first-order chi connectivity index (χ1) is 9.56. The van der Waals surface area contributed by atoms with Crippen LogP contribution in [-0.2, 0) is 0 Å². The number of hydrogen-bond donors (Lipinski definition) is 1. The second-order valence-electron chi connectivity index (χ2n) is 5.07. The third kappa shape index (κ3) is 2.20. The summed E-state index contributed by atoms with van der Waals surface area (Å²) in [5.41, 5.74) is 3.26. The van der Waals surface area contributed by atoms with Crippen LogP contribution in [0.4, 0.5) is 17.1 Å². The minimum Gasteiger partial charge on any atom is -0.272 e. The Bertz CT molecular complexity index is 628. The highest BCUT2D eigenvalue weighted by atomic mass is 16.6. The zero-order valence-corrected chi connectivity index (χ0v) is 10.5. The van der Waals surface area contributed by atoms with Crippen molar-refractivity contribution in [1.29, 1.82) is 0 Å². The van der Waals surface area contributed by atoms with E-state index in [9.17, 15) is 20.2 Å². The molecule has 2 unspecified atom stereocenters. The van der Waals surface area contributed by atoms with E-state index in [4.69, 9.17) is 0 Å². The third-order valence-corrected chi connectivity index (χ3v) is 3.83. The number of nitro benzene ring substituents is 2. The number of anilines is 1. The monoisotopic (exact) mass is 276 g/mol. The fourth-order valence-electron chi connectivity index (χ4n) is 2.64. The molecule has 1 aromatic rings. The van der Waals surface area contributed by atoms with Crippen LogP contribution in [0.1, 0.15) is 19.3 Å². The fraction of sp³-hybridized carbons (Fsp3) is 0.417. The van der Waals surface area contributed by atoms with E-state index in [1.807, 2.05) is 0 Å². The van der Waals surface area contributed by atoms with Crippen LogP contribution in [0, 0.1) is 32.1 Å². The van der Waals surface area contributed by atoms with Crippen molar-refractivity contribution in [3.05, 3.63) is 38.4 Å². The average Bonchev–Trinajstić information content (AvgIpc) is 3.09. The highest BCUT2D eigenvalue weighted by Crippen LogP contribution is 2.50. The van der Waals surface area contributed by atoms with Crippen LogP contribution in [0.2, 0.25) is 0 Å². The maximum Gasteiger partial charge on any atom is 0.301 e. The van der Waals surface area contributed by atoms with Crippen molar-refractivity contribution in [2.45, 2.75) is 19.3 Å². The second kappa shape index (κ2) is 4.55. The number of hydrogen-bond acceptors (Lipinski definition) is 6. The Labute approximate surface area is 113 Å². The molecule has 3 rings (SSSR count). The smallest absolute Gasteiger partial charge is 0.272 e.